The number of nitrogens with zero attached hydrogens (tertiary/aromatic N) is 4. The number of allylic oxidation sites excluding steroid dienone is 1. The summed E-state index contributed by atoms with van der Waals surface area (Å²) in [6.07, 6.45) is 5.23. The molecule has 0 radical (unpaired) electrons. The van der Waals surface area contributed by atoms with E-state index in [1.807, 2.05) is 23.6 Å². The molecule has 0 aliphatic rings. The fourth-order valence-corrected chi connectivity index (χ4v) is 2.93. The Morgan fingerprint density at radius 2 is 2.04 bits per heavy atom. The molecule has 0 aliphatic heterocycles. The smallest absolute Gasteiger partial charge is 0.233 e. The highest BCUT2D eigenvalue weighted by Crippen LogP contribution is 2.26. The molecule has 7 heteroatoms. The summed E-state index contributed by atoms with van der Waals surface area (Å²) in [5.41, 5.74) is 0.933. The molecule has 6 nitrogen and oxygen atoms in total. The topological polar surface area (TPSA) is 72.7 Å². The zero-order valence-electron chi connectivity index (χ0n) is 14.3. The van der Waals surface area contributed by atoms with Gasteiger partial charge in [0.05, 0.1) is 5.25 Å². The number of rotatable bonds is 8. The number of aromatic nitrogens is 4. The lowest BCUT2D eigenvalue weighted by atomic mass is 10.2. The van der Waals surface area contributed by atoms with E-state index in [2.05, 4.69) is 40.9 Å². The van der Waals surface area contributed by atoms with Crippen LogP contribution in [-0.2, 0) is 11.3 Å². The number of hydrogen-bond acceptors (Lipinski definition) is 5. The Kier molecular flexibility index (Phi) is 6.54. The number of carbonyl (C=O) groups is 1. The Labute approximate surface area is 146 Å². The SMILES string of the molecule is C=CCn1c(S[C@H](C)C(=O)NCC(C)C)nnc1-c1ccncc1. The van der Waals surface area contributed by atoms with Gasteiger partial charge in [0.1, 0.15) is 0 Å². The molecule has 24 heavy (non-hydrogen) atoms. The van der Waals surface area contributed by atoms with Crippen molar-refractivity contribution in [3.8, 4) is 11.4 Å². The summed E-state index contributed by atoms with van der Waals surface area (Å²) in [4.78, 5) is 16.2. The van der Waals surface area contributed by atoms with Crippen molar-refractivity contribution in [3.63, 3.8) is 0 Å². The minimum Gasteiger partial charge on any atom is -0.355 e. The van der Waals surface area contributed by atoms with Crippen LogP contribution in [0.2, 0.25) is 0 Å². The quantitative estimate of drug-likeness (QED) is 0.588. The van der Waals surface area contributed by atoms with Crippen LogP contribution in [0.15, 0.2) is 42.3 Å². The van der Waals surface area contributed by atoms with Gasteiger partial charge in [-0.25, -0.2) is 0 Å². The first-order valence-electron chi connectivity index (χ1n) is 7.91. The zero-order valence-corrected chi connectivity index (χ0v) is 15.1. The Morgan fingerprint density at radius 1 is 1.33 bits per heavy atom. The van der Waals surface area contributed by atoms with Crippen LogP contribution in [0.5, 0.6) is 0 Å². The Morgan fingerprint density at radius 3 is 2.67 bits per heavy atom. The van der Waals surface area contributed by atoms with E-state index in [0.29, 0.717) is 24.2 Å². The summed E-state index contributed by atoms with van der Waals surface area (Å²) in [5.74, 6) is 1.18. The van der Waals surface area contributed by atoms with E-state index in [0.717, 1.165) is 11.4 Å². The van der Waals surface area contributed by atoms with Gasteiger partial charge >= 0.3 is 0 Å². The number of thioether (sulfide) groups is 1. The third-order valence-electron chi connectivity index (χ3n) is 3.30. The van der Waals surface area contributed by atoms with Crippen molar-refractivity contribution in [3.05, 3.63) is 37.2 Å². The number of pyridine rings is 1. The van der Waals surface area contributed by atoms with Crippen LogP contribution in [-0.4, -0.2) is 37.5 Å². The van der Waals surface area contributed by atoms with Gasteiger partial charge in [0, 0.05) is 31.0 Å². The van der Waals surface area contributed by atoms with Crippen molar-refractivity contribution in [2.24, 2.45) is 5.92 Å². The van der Waals surface area contributed by atoms with Gasteiger partial charge in [-0.2, -0.15) is 0 Å². The summed E-state index contributed by atoms with van der Waals surface area (Å²) in [5, 5.41) is 11.9. The molecule has 2 heterocycles. The number of carbonyl (C=O) groups excluding carboxylic acids is 1. The first kappa shape index (κ1) is 18.2. The standard InChI is InChI=1S/C17H23N5OS/c1-5-10-22-15(14-6-8-18-9-7-14)20-21-17(22)24-13(4)16(23)19-11-12(2)3/h5-9,12-13H,1,10-11H2,2-4H3,(H,19,23)/t13-/m1/s1. The third kappa shape index (κ3) is 4.67. The monoisotopic (exact) mass is 345 g/mol. The molecule has 0 unspecified atom stereocenters. The van der Waals surface area contributed by atoms with Crippen LogP contribution in [0.1, 0.15) is 20.8 Å². The Balaban J connectivity index is 2.17. The van der Waals surface area contributed by atoms with Crippen molar-refractivity contribution in [2.75, 3.05) is 6.54 Å². The molecule has 1 amide bonds. The molecule has 0 bridgehead atoms. The molecule has 0 saturated carbocycles. The predicted octanol–water partition coefficient (Wildman–Crippen LogP) is 2.78. The maximum atomic E-state index is 12.2. The summed E-state index contributed by atoms with van der Waals surface area (Å²) in [6.45, 7) is 11.1. The molecule has 1 atom stereocenters. The average Bonchev–Trinajstić information content (AvgIpc) is 2.96. The van der Waals surface area contributed by atoms with Crippen molar-refractivity contribution in [2.45, 2.75) is 37.7 Å². The molecule has 128 valence electrons. The Bertz CT molecular complexity index is 684. The van der Waals surface area contributed by atoms with E-state index < -0.39 is 0 Å². The number of amides is 1. The minimum atomic E-state index is -0.248. The van der Waals surface area contributed by atoms with Crippen LogP contribution < -0.4 is 5.32 Å². The van der Waals surface area contributed by atoms with Crippen LogP contribution in [0.4, 0.5) is 0 Å². The molecular formula is C17H23N5OS. The van der Waals surface area contributed by atoms with Crippen molar-refractivity contribution in [1.29, 1.82) is 0 Å². The fourth-order valence-electron chi connectivity index (χ4n) is 2.04. The molecule has 2 aromatic rings. The second-order valence-corrected chi connectivity index (χ2v) is 7.15. The van der Waals surface area contributed by atoms with Crippen molar-refractivity contribution in [1.82, 2.24) is 25.1 Å². The Hall–Kier alpha value is -2.15. The molecule has 1 N–H and O–H groups in total. The molecule has 0 saturated heterocycles. The highest BCUT2D eigenvalue weighted by molar-refractivity contribution is 8.00. The summed E-state index contributed by atoms with van der Waals surface area (Å²) >= 11 is 1.40. The molecule has 0 fully saturated rings. The van der Waals surface area contributed by atoms with Gasteiger partial charge in [0.25, 0.3) is 0 Å². The summed E-state index contributed by atoms with van der Waals surface area (Å²) in [6, 6.07) is 3.77. The van der Waals surface area contributed by atoms with Gasteiger partial charge in [-0.1, -0.05) is 31.7 Å². The fraction of sp³-hybridized carbons (Fsp3) is 0.412. The lowest BCUT2D eigenvalue weighted by Crippen LogP contribution is -2.33. The highest BCUT2D eigenvalue weighted by atomic mass is 32.2. The van der Waals surface area contributed by atoms with Gasteiger partial charge in [0.2, 0.25) is 5.91 Å². The first-order chi connectivity index (χ1) is 11.5. The van der Waals surface area contributed by atoms with Gasteiger partial charge < -0.3 is 5.32 Å². The van der Waals surface area contributed by atoms with Gasteiger partial charge in [-0.15, -0.1) is 16.8 Å². The molecule has 0 aromatic carbocycles. The lowest BCUT2D eigenvalue weighted by molar-refractivity contribution is -0.120. The van der Waals surface area contributed by atoms with E-state index >= 15 is 0 Å². The van der Waals surface area contributed by atoms with Crippen LogP contribution in [0.25, 0.3) is 11.4 Å². The van der Waals surface area contributed by atoms with E-state index in [1.54, 1.807) is 18.5 Å². The second-order valence-electron chi connectivity index (χ2n) is 5.84. The molecule has 2 aromatic heterocycles. The van der Waals surface area contributed by atoms with Crippen molar-refractivity contribution >= 4 is 17.7 Å². The average molecular weight is 345 g/mol. The van der Waals surface area contributed by atoms with E-state index in [-0.39, 0.29) is 11.2 Å². The van der Waals surface area contributed by atoms with Gasteiger partial charge in [-0.3, -0.25) is 14.3 Å². The van der Waals surface area contributed by atoms with Gasteiger partial charge in [0.15, 0.2) is 11.0 Å². The minimum absolute atomic E-state index is 0.00677. The van der Waals surface area contributed by atoms with Crippen LogP contribution >= 0.6 is 11.8 Å². The van der Waals surface area contributed by atoms with Crippen LogP contribution in [0, 0.1) is 5.92 Å². The first-order valence-corrected chi connectivity index (χ1v) is 8.79. The lowest BCUT2D eigenvalue weighted by Gasteiger charge is -2.13. The summed E-state index contributed by atoms with van der Waals surface area (Å²) in [7, 11) is 0. The third-order valence-corrected chi connectivity index (χ3v) is 4.38. The largest absolute Gasteiger partial charge is 0.355 e. The number of nitrogens with one attached hydrogen (secondary N) is 1. The zero-order chi connectivity index (χ0) is 17.5. The molecule has 2 rings (SSSR count). The van der Waals surface area contributed by atoms with E-state index in [9.17, 15) is 4.79 Å². The van der Waals surface area contributed by atoms with Crippen LogP contribution in [0.3, 0.4) is 0 Å². The maximum absolute atomic E-state index is 12.2. The highest BCUT2D eigenvalue weighted by Gasteiger charge is 2.20. The van der Waals surface area contributed by atoms with Crippen molar-refractivity contribution < 1.29 is 4.79 Å². The molecule has 0 spiro atoms. The number of hydrogen-bond donors (Lipinski definition) is 1. The predicted molar refractivity (Wildman–Crippen MR) is 96.6 cm³/mol. The molecular weight excluding hydrogens is 322 g/mol. The second kappa shape index (κ2) is 8.63. The van der Waals surface area contributed by atoms with E-state index in [1.165, 1.54) is 11.8 Å². The summed E-state index contributed by atoms with van der Waals surface area (Å²) < 4.78 is 1.96. The maximum Gasteiger partial charge on any atom is 0.233 e. The molecule has 0 aliphatic carbocycles. The normalized spacial score (nSPS) is 12.2. The van der Waals surface area contributed by atoms with E-state index in [4.69, 9.17) is 0 Å². The van der Waals surface area contributed by atoms with Gasteiger partial charge in [-0.05, 0) is 25.0 Å².